The molecule has 30 heavy (non-hydrogen) atoms. The van der Waals surface area contributed by atoms with Crippen LogP contribution in [0.2, 0.25) is 0 Å². The van der Waals surface area contributed by atoms with E-state index in [0.29, 0.717) is 5.69 Å². The van der Waals surface area contributed by atoms with Gasteiger partial charge in [0.15, 0.2) is 0 Å². The average molecular weight is 427 g/mol. The molecule has 0 atom stereocenters. The molecule has 7 heteroatoms. The molecule has 3 rings (SSSR count). The van der Waals surface area contributed by atoms with Crippen LogP contribution in [0.15, 0.2) is 71.6 Å². The van der Waals surface area contributed by atoms with Crippen molar-refractivity contribution < 1.29 is 17.6 Å². The third-order valence-corrected chi connectivity index (χ3v) is 6.46. The van der Waals surface area contributed by atoms with Crippen molar-refractivity contribution in [3.05, 3.63) is 89.2 Å². The number of benzene rings is 3. The fraction of sp³-hybridized carbons (Fsp3) is 0.174. The van der Waals surface area contributed by atoms with E-state index in [-0.39, 0.29) is 10.6 Å². The van der Waals surface area contributed by atoms with E-state index in [4.69, 9.17) is 0 Å². The molecule has 0 fully saturated rings. The maximum atomic E-state index is 14.5. The Hall–Kier alpha value is -3.19. The fourth-order valence-electron chi connectivity index (χ4n) is 2.98. The van der Waals surface area contributed by atoms with Crippen LogP contribution in [-0.4, -0.2) is 20.9 Å². The van der Waals surface area contributed by atoms with Crippen LogP contribution in [0.5, 0.6) is 0 Å². The monoisotopic (exact) mass is 426 g/mol. The average Bonchev–Trinajstić information content (AvgIpc) is 2.70. The molecule has 0 heterocycles. The lowest BCUT2D eigenvalue weighted by atomic mass is 10.1. The van der Waals surface area contributed by atoms with Gasteiger partial charge in [-0.3, -0.25) is 9.10 Å². The number of amides is 1. The maximum absolute atomic E-state index is 14.5. The number of hydrogen-bond donors (Lipinski definition) is 1. The molecule has 0 aliphatic heterocycles. The van der Waals surface area contributed by atoms with Gasteiger partial charge in [-0.05, 0) is 62.2 Å². The number of halogens is 1. The van der Waals surface area contributed by atoms with Gasteiger partial charge >= 0.3 is 0 Å². The lowest BCUT2D eigenvalue weighted by molar-refractivity contribution is -0.114. The number of aryl methyl sites for hydroxylation is 3. The molecule has 0 bridgehead atoms. The predicted octanol–water partition coefficient (Wildman–Crippen LogP) is 4.58. The highest BCUT2D eigenvalue weighted by atomic mass is 32.2. The first-order valence-corrected chi connectivity index (χ1v) is 10.8. The molecule has 0 saturated carbocycles. The number of carbonyl (C=O) groups excluding carboxylic acids is 1. The van der Waals surface area contributed by atoms with Crippen LogP contribution in [0.1, 0.15) is 16.7 Å². The Morgan fingerprint density at radius 2 is 1.57 bits per heavy atom. The van der Waals surface area contributed by atoms with Crippen LogP contribution < -0.4 is 9.62 Å². The molecule has 3 aromatic rings. The Bertz CT molecular complexity index is 1180. The van der Waals surface area contributed by atoms with Crippen molar-refractivity contribution >= 4 is 27.3 Å². The van der Waals surface area contributed by atoms with Gasteiger partial charge in [0.25, 0.3) is 10.0 Å². The number of hydrogen-bond acceptors (Lipinski definition) is 3. The number of anilines is 2. The molecule has 5 nitrogen and oxygen atoms in total. The van der Waals surface area contributed by atoms with Gasteiger partial charge in [-0.15, -0.1) is 0 Å². The minimum absolute atomic E-state index is 0.0177. The highest BCUT2D eigenvalue weighted by molar-refractivity contribution is 7.92. The topological polar surface area (TPSA) is 66.5 Å². The van der Waals surface area contributed by atoms with Crippen LogP contribution in [0, 0.1) is 26.6 Å². The predicted molar refractivity (Wildman–Crippen MR) is 117 cm³/mol. The van der Waals surface area contributed by atoms with Crippen molar-refractivity contribution in [2.45, 2.75) is 25.7 Å². The molecular weight excluding hydrogens is 403 g/mol. The molecule has 0 aromatic heterocycles. The Labute approximate surface area is 176 Å². The first kappa shape index (κ1) is 21.5. The van der Waals surface area contributed by atoms with Crippen molar-refractivity contribution in [2.75, 3.05) is 16.2 Å². The normalized spacial score (nSPS) is 11.2. The summed E-state index contributed by atoms with van der Waals surface area (Å²) < 4.78 is 41.9. The Morgan fingerprint density at radius 3 is 2.23 bits per heavy atom. The van der Waals surface area contributed by atoms with Crippen molar-refractivity contribution in [1.82, 2.24) is 0 Å². The third-order valence-electron chi connectivity index (χ3n) is 4.68. The molecule has 0 radical (unpaired) electrons. The van der Waals surface area contributed by atoms with E-state index in [9.17, 15) is 17.6 Å². The van der Waals surface area contributed by atoms with Crippen LogP contribution in [-0.2, 0) is 14.8 Å². The minimum Gasteiger partial charge on any atom is -0.324 e. The number of rotatable bonds is 6. The zero-order chi connectivity index (χ0) is 21.9. The van der Waals surface area contributed by atoms with E-state index >= 15 is 0 Å². The third kappa shape index (κ3) is 4.68. The van der Waals surface area contributed by atoms with Gasteiger partial charge in [0.1, 0.15) is 12.4 Å². The lowest BCUT2D eigenvalue weighted by Crippen LogP contribution is -2.38. The molecule has 1 N–H and O–H groups in total. The van der Waals surface area contributed by atoms with Crippen LogP contribution >= 0.6 is 0 Å². The van der Waals surface area contributed by atoms with Gasteiger partial charge in [-0.25, -0.2) is 12.8 Å². The van der Waals surface area contributed by atoms with Crippen molar-refractivity contribution in [2.24, 2.45) is 0 Å². The number of nitrogens with one attached hydrogen (secondary N) is 1. The van der Waals surface area contributed by atoms with Gasteiger partial charge in [0.05, 0.1) is 10.6 Å². The zero-order valence-electron chi connectivity index (χ0n) is 17.0. The minimum atomic E-state index is -4.17. The van der Waals surface area contributed by atoms with E-state index in [1.807, 2.05) is 32.9 Å². The summed E-state index contributed by atoms with van der Waals surface area (Å²) >= 11 is 0. The molecule has 0 unspecified atom stereocenters. The largest absolute Gasteiger partial charge is 0.324 e. The van der Waals surface area contributed by atoms with Gasteiger partial charge < -0.3 is 5.32 Å². The van der Waals surface area contributed by atoms with E-state index in [0.717, 1.165) is 27.1 Å². The molecular formula is C23H23FN2O3S. The van der Waals surface area contributed by atoms with Crippen LogP contribution in [0.4, 0.5) is 15.8 Å². The summed E-state index contributed by atoms with van der Waals surface area (Å²) in [4.78, 5) is 12.7. The summed E-state index contributed by atoms with van der Waals surface area (Å²) in [6.45, 7) is 5.00. The number of para-hydroxylation sites is 1. The van der Waals surface area contributed by atoms with Crippen LogP contribution in [0.25, 0.3) is 0 Å². The van der Waals surface area contributed by atoms with E-state index in [1.54, 1.807) is 18.2 Å². The Kier molecular flexibility index (Phi) is 6.22. The number of carbonyl (C=O) groups is 1. The van der Waals surface area contributed by atoms with E-state index < -0.39 is 28.3 Å². The molecule has 0 aliphatic carbocycles. The molecule has 0 aliphatic rings. The fourth-order valence-corrected chi connectivity index (χ4v) is 4.41. The molecule has 3 aromatic carbocycles. The summed E-state index contributed by atoms with van der Waals surface area (Å²) in [5.74, 6) is -1.30. The Balaban J connectivity index is 1.98. The summed E-state index contributed by atoms with van der Waals surface area (Å²) in [6, 6.07) is 17.3. The maximum Gasteiger partial charge on any atom is 0.264 e. The second-order valence-corrected chi connectivity index (χ2v) is 9.01. The smallest absolute Gasteiger partial charge is 0.264 e. The first-order chi connectivity index (χ1) is 14.2. The highest BCUT2D eigenvalue weighted by Crippen LogP contribution is 2.26. The quantitative estimate of drug-likeness (QED) is 0.627. The summed E-state index contributed by atoms with van der Waals surface area (Å²) in [5, 5.41) is 2.74. The van der Waals surface area contributed by atoms with Gasteiger partial charge in [0.2, 0.25) is 5.91 Å². The summed E-state index contributed by atoms with van der Waals surface area (Å²) in [5.41, 5.74) is 3.08. The van der Waals surface area contributed by atoms with Gasteiger partial charge in [-0.2, -0.15) is 0 Å². The highest BCUT2D eigenvalue weighted by Gasteiger charge is 2.29. The Morgan fingerprint density at radius 1 is 0.933 bits per heavy atom. The summed E-state index contributed by atoms with van der Waals surface area (Å²) in [7, 11) is -4.17. The zero-order valence-corrected chi connectivity index (χ0v) is 17.8. The molecule has 0 spiro atoms. The van der Waals surface area contributed by atoms with Crippen molar-refractivity contribution in [3.8, 4) is 0 Å². The SMILES string of the molecule is Cc1ccc(S(=O)(=O)N(CC(=O)Nc2cc(C)ccc2C)c2ccccc2F)cc1. The van der Waals surface area contributed by atoms with E-state index in [1.165, 1.54) is 30.3 Å². The lowest BCUT2D eigenvalue weighted by Gasteiger charge is -2.24. The first-order valence-electron chi connectivity index (χ1n) is 9.39. The van der Waals surface area contributed by atoms with Crippen molar-refractivity contribution in [1.29, 1.82) is 0 Å². The number of sulfonamides is 1. The van der Waals surface area contributed by atoms with Crippen molar-refractivity contribution in [3.63, 3.8) is 0 Å². The number of nitrogens with zero attached hydrogens (tertiary/aromatic N) is 1. The summed E-state index contributed by atoms with van der Waals surface area (Å²) in [6.07, 6.45) is 0. The molecule has 156 valence electrons. The second-order valence-electron chi connectivity index (χ2n) is 7.14. The second kappa shape index (κ2) is 8.67. The van der Waals surface area contributed by atoms with E-state index in [2.05, 4.69) is 5.32 Å². The van der Waals surface area contributed by atoms with Crippen LogP contribution in [0.3, 0.4) is 0 Å². The standard InChI is InChI=1S/C23H23FN2O3S/c1-16-9-12-19(13-10-16)30(28,29)26(22-7-5-4-6-20(22)24)15-23(27)25-21-14-17(2)8-11-18(21)3/h4-14H,15H2,1-3H3,(H,25,27). The van der Waals surface area contributed by atoms with Gasteiger partial charge in [-0.1, -0.05) is 42.0 Å². The molecule has 0 saturated heterocycles. The van der Waals surface area contributed by atoms with Gasteiger partial charge in [0, 0.05) is 5.69 Å². The molecule has 1 amide bonds.